The van der Waals surface area contributed by atoms with Gasteiger partial charge in [0, 0.05) is 13.7 Å². The SMILES string of the molecule is COC(CCSC)CNS(=O)(=O)c1cc(C)c(C)cc1C. The molecule has 0 aromatic heterocycles. The lowest BCUT2D eigenvalue weighted by Gasteiger charge is -2.17. The van der Waals surface area contributed by atoms with E-state index in [1.807, 2.05) is 33.1 Å². The number of methoxy groups -OCH3 is 1. The Morgan fingerprint density at radius 2 is 1.81 bits per heavy atom. The third kappa shape index (κ3) is 5.29. The van der Waals surface area contributed by atoms with E-state index in [-0.39, 0.29) is 6.10 Å². The summed E-state index contributed by atoms with van der Waals surface area (Å²) in [5.41, 5.74) is 2.84. The summed E-state index contributed by atoms with van der Waals surface area (Å²) in [6.07, 6.45) is 2.75. The van der Waals surface area contributed by atoms with Gasteiger partial charge in [-0.05, 0) is 62.0 Å². The number of nitrogens with one attached hydrogen (secondary N) is 1. The van der Waals surface area contributed by atoms with Gasteiger partial charge in [0.1, 0.15) is 0 Å². The second-order valence-corrected chi connectivity index (χ2v) is 7.91. The molecule has 0 heterocycles. The molecule has 0 saturated heterocycles. The fraction of sp³-hybridized carbons (Fsp3) is 0.600. The highest BCUT2D eigenvalue weighted by molar-refractivity contribution is 7.98. The van der Waals surface area contributed by atoms with Gasteiger partial charge in [0.25, 0.3) is 0 Å². The first kappa shape index (κ1) is 18.5. The lowest BCUT2D eigenvalue weighted by molar-refractivity contribution is 0.104. The third-order valence-corrected chi connectivity index (χ3v) is 5.77. The Morgan fingerprint density at radius 3 is 2.38 bits per heavy atom. The number of sulfonamides is 1. The van der Waals surface area contributed by atoms with Gasteiger partial charge in [-0.15, -0.1) is 0 Å². The Kier molecular flexibility index (Phi) is 7.20. The van der Waals surface area contributed by atoms with Crippen molar-refractivity contribution in [2.45, 2.75) is 38.2 Å². The van der Waals surface area contributed by atoms with Crippen LogP contribution >= 0.6 is 11.8 Å². The predicted molar refractivity (Wildman–Crippen MR) is 89.6 cm³/mol. The van der Waals surface area contributed by atoms with Crippen LogP contribution in [0.5, 0.6) is 0 Å². The standard InChI is InChI=1S/C15H25NO3S2/c1-11-8-13(3)15(9-12(11)2)21(17,18)16-10-14(19-4)6-7-20-5/h8-9,14,16H,6-7,10H2,1-5H3. The Hall–Kier alpha value is -0.560. The van der Waals surface area contributed by atoms with Crippen molar-refractivity contribution in [3.63, 3.8) is 0 Å². The van der Waals surface area contributed by atoms with Crippen molar-refractivity contribution < 1.29 is 13.2 Å². The molecule has 0 saturated carbocycles. The Balaban J connectivity index is 2.84. The lowest BCUT2D eigenvalue weighted by atomic mass is 10.1. The van der Waals surface area contributed by atoms with E-state index in [4.69, 9.17) is 4.74 Å². The van der Waals surface area contributed by atoms with Gasteiger partial charge >= 0.3 is 0 Å². The van der Waals surface area contributed by atoms with Crippen molar-refractivity contribution >= 4 is 21.8 Å². The van der Waals surface area contributed by atoms with E-state index in [1.165, 1.54) is 0 Å². The Bertz CT molecular complexity index is 571. The van der Waals surface area contributed by atoms with E-state index >= 15 is 0 Å². The molecule has 0 fully saturated rings. The van der Waals surface area contributed by atoms with E-state index in [9.17, 15) is 8.42 Å². The zero-order valence-corrected chi connectivity index (χ0v) is 15.0. The van der Waals surface area contributed by atoms with Crippen LogP contribution in [0.1, 0.15) is 23.1 Å². The fourth-order valence-electron chi connectivity index (χ4n) is 2.06. The van der Waals surface area contributed by atoms with Crippen LogP contribution in [0.4, 0.5) is 0 Å². The van der Waals surface area contributed by atoms with Crippen molar-refractivity contribution in [3.05, 3.63) is 28.8 Å². The monoisotopic (exact) mass is 331 g/mol. The van der Waals surface area contributed by atoms with Gasteiger partial charge in [-0.25, -0.2) is 13.1 Å². The van der Waals surface area contributed by atoms with Crippen molar-refractivity contribution in [1.82, 2.24) is 4.72 Å². The molecule has 1 rings (SSSR count). The molecule has 1 atom stereocenters. The predicted octanol–water partition coefficient (Wildman–Crippen LogP) is 2.66. The maximum atomic E-state index is 12.4. The van der Waals surface area contributed by atoms with Crippen molar-refractivity contribution in [2.75, 3.05) is 25.7 Å². The fourth-order valence-corrected chi connectivity index (χ4v) is 3.93. The summed E-state index contributed by atoms with van der Waals surface area (Å²) >= 11 is 1.72. The molecule has 120 valence electrons. The van der Waals surface area contributed by atoms with Crippen LogP contribution in [0, 0.1) is 20.8 Å². The quantitative estimate of drug-likeness (QED) is 0.796. The second kappa shape index (κ2) is 8.17. The smallest absolute Gasteiger partial charge is 0.240 e. The van der Waals surface area contributed by atoms with Gasteiger partial charge in [0.05, 0.1) is 11.0 Å². The van der Waals surface area contributed by atoms with Crippen LogP contribution in [0.15, 0.2) is 17.0 Å². The topological polar surface area (TPSA) is 55.4 Å². The molecule has 6 heteroatoms. The summed E-state index contributed by atoms with van der Waals surface area (Å²) in [4.78, 5) is 0.352. The van der Waals surface area contributed by atoms with E-state index < -0.39 is 10.0 Å². The minimum absolute atomic E-state index is 0.0981. The van der Waals surface area contributed by atoms with Crippen LogP contribution in [0.2, 0.25) is 0 Å². The number of aryl methyl sites for hydroxylation is 3. The van der Waals surface area contributed by atoms with E-state index in [1.54, 1.807) is 24.9 Å². The van der Waals surface area contributed by atoms with Crippen LogP contribution in [0.25, 0.3) is 0 Å². The summed E-state index contributed by atoms with van der Waals surface area (Å²) in [6, 6.07) is 3.64. The second-order valence-electron chi connectivity index (χ2n) is 5.19. The molecule has 1 unspecified atom stereocenters. The average Bonchev–Trinajstić information content (AvgIpc) is 2.43. The molecular formula is C15H25NO3S2. The van der Waals surface area contributed by atoms with Crippen LogP contribution in [-0.2, 0) is 14.8 Å². The number of hydrogen-bond acceptors (Lipinski definition) is 4. The molecule has 21 heavy (non-hydrogen) atoms. The summed E-state index contributed by atoms with van der Waals surface area (Å²) in [6.45, 7) is 6.02. The molecule has 0 aliphatic rings. The zero-order chi connectivity index (χ0) is 16.0. The number of rotatable bonds is 8. The first-order chi connectivity index (χ1) is 9.81. The summed E-state index contributed by atoms with van der Waals surface area (Å²) < 4.78 is 32.9. The van der Waals surface area contributed by atoms with Crippen LogP contribution in [-0.4, -0.2) is 40.2 Å². The molecular weight excluding hydrogens is 306 g/mol. The van der Waals surface area contributed by atoms with Gasteiger partial charge in [-0.2, -0.15) is 11.8 Å². The minimum atomic E-state index is -3.50. The molecule has 1 N–H and O–H groups in total. The normalized spacial score (nSPS) is 13.4. The highest BCUT2D eigenvalue weighted by atomic mass is 32.2. The van der Waals surface area contributed by atoms with Gasteiger partial charge < -0.3 is 4.74 Å². The minimum Gasteiger partial charge on any atom is -0.380 e. The van der Waals surface area contributed by atoms with Crippen LogP contribution < -0.4 is 4.72 Å². The highest BCUT2D eigenvalue weighted by Crippen LogP contribution is 2.20. The number of hydrogen-bond donors (Lipinski definition) is 1. The molecule has 4 nitrogen and oxygen atoms in total. The molecule has 1 aromatic rings. The number of ether oxygens (including phenoxy) is 1. The number of thioether (sulfide) groups is 1. The lowest BCUT2D eigenvalue weighted by Crippen LogP contribution is -2.34. The number of benzene rings is 1. The summed E-state index contributed by atoms with van der Waals surface area (Å²) in [5.74, 6) is 0.947. The Morgan fingerprint density at radius 1 is 1.19 bits per heavy atom. The summed E-state index contributed by atoms with van der Waals surface area (Å²) in [7, 11) is -1.89. The maximum Gasteiger partial charge on any atom is 0.240 e. The molecule has 0 aliphatic carbocycles. The summed E-state index contributed by atoms with van der Waals surface area (Å²) in [5, 5.41) is 0. The first-order valence-electron chi connectivity index (χ1n) is 6.91. The van der Waals surface area contributed by atoms with Crippen molar-refractivity contribution in [2.24, 2.45) is 0 Å². The van der Waals surface area contributed by atoms with E-state index in [0.717, 1.165) is 28.9 Å². The molecule has 0 spiro atoms. The van der Waals surface area contributed by atoms with Gasteiger partial charge in [0.15, 0.2) is 0 Å². The maximum absolute atomic E-state index is 12.4. The third-order valence-electron chi connectivity index (χ3n) is 3.56. The first-order valence-corrected chi connectivity index (χ1v) is 9.78. The van der Waals surface area contributed by atoms with Crippen molar-refractivity contribution in [1.29, 1.82) is 0 Å². The highest BCUT2D eigenvalue weighted by Gasteiger charge is 2.19. The van der Waals surface area contributed by atoms with Gasteiger partial charge in [-0.3, -0.25) is 0 Å². The molecule has 0 radical (unpaired) electrons. The van der Waals surface area contributed by atoms with Gasteiger partial charge in [0.2, 0.25) is 10.0 Å². The van der Waals surface area contributed by atoms with E-state index in [2.05, 4.69) is 4.72 Å². The average molecular weight is 332 g/mol. The largest absolute Gasteiger partial charge is 0.380 e. The van der Waals surface area contributed by atoms with E-state index in [0.29, 0.717) is 11.4 Å². The van der Waals surface area contributed by atoms with Gasteiger partial charge in [-0.1, -0.05) is 6.07 Å². The van der Waals surface area contributed by atoms with Crippen LogP contribution in [0.3, 0.4) is 0 Å². The Labute approximate surface area is 132 Å². The molecule has 0 aliphatic heterocycles. The molecule has 1 aromatic carbocycles. The zero-order valence-electron chi connectivity index (χ0n) is 13.4. The molecule has 0 bridgehead atoms. The van der Waals surface area contributed by atoms with Crippen molar-refractivity contribution in [3.8, 4) is 0 Å². The molecule has 0 amide bonds.